The van der Waals surface area contributed by atoms with Gasteiger partial charge in [-0.1, -0.05) is 31.9 Å². The van der Waals surface area contributed by atoms with Gasteiger partial charge < -0.3 is 15.2 Å². The van der Waals surface area contributed by atoms with Crippen LogP contribution in [0.15, 0.2) is 24.3 Å². The van der Waals surface area contributed by atoms with Crippen molar-refractivity contribution in [2.24, 2.45) is 11.7 Å². The second kappa shape index (κ2) is 6.59. The molecular weight excluding hydrogens is 250 g/mol. The molecule has 0 heterocycles. The van der Waals surface area contributed by atoms with E-state index in [1.165, 1.54) is 12.8 Å². The largest absolute Gasteiger partial charge is 0.494 e. The van der Waals surface area contributed by atoms with Gasteiger partial charge in [-0.15, -0.1) is 0 Å². The van der Waals surface area contributed by atoms with Crippen LogP contribution in [0, 0.1) is 5.92 Å². The van der Waals surface area contributed by atoms with Gasteiger partial charge in [0.25, 0.3) is 0 Å². The summed E-state index contributed by atoms with van der Waals surface area (Å²) >= 11 is 0. The van der Waals surface area contributed by atoms with Crippen molar-refractivity contribution >= 4 is 0 Å². The van der Waals surface area contributed by atoms with Crippen molar-refractivity contribution in [2.75, 3.05) is 13.7 Å². The molecule has 112 valence electrons. The van der Waals surface area contributed by atoms with E-state index in [2.05, 4.69) is 19.1 Å². The third kappa shape index (κ3) is 3.15. The van der Waals surface area contributed by atoms with Gasteiger partial charge in [0.1, 0.15) is 5.75 Å². The maximum absolute atomic E-state index is 6.54. The van der Waals surface area contributed by atoms with Crippen LogP contribution in [-0.2, 0) is 4.74 Å². The van der Waals surface area contributed by atoms with E-state index in [1.807, 2.05) is 19.1 Å². The van der Waals surface area contributed by atoms with Crippen LogP contribution in [0.5, 0.6) is 5.75 Å². The molecule has 0 amide bonds. The Bertz CT molecular complexity index is 418. The zero-order valence-corrected chi connectivity index (χ0v) is 12.9. The van der Waals surface area contributed by atoms with E-state index < -0.39 is 0 Å². The van der Waals surface area contributed by atoms with Crippen molar-refractivity contribution in [3.63, 3.8) is 0 Å². The van der Waals surface area contributed by atoms with Crippen molar-refractivity contribution in [2.45, 2.75) is 51.2 Å². The molecule has 3 unspecified atom stereocenters. The van der Waals surface area contributed by atoms with Crippen molar-refractivity contribution in [3.8, 4) is 5.75 Å². The fourth-order valence-corrected chi connectivity index (χ4v) is 3.38. The lowest BCUT2D eigenvalue weighted by molar-refractivity contribution is -0.0718. The Hall–Kier alpha value is -1.06. The van der Waals surface area contributed by atoms with Gasteiger partial charge in [-0.05, 0) is 43.4 Å². The summed E-state index contributed by atoms with van der Waals surface area (Å²) in [5.41, 5.74) is 7.45. The minimum absolute atomic E-state index is 0.0778. The van der Waals surface area contributed by atoms with Gasteiger partial charge in [0, 0.05) is 7.11 Å². The van der Waals surface area contributed by atoms with E-state index in [0.29, 0.717) is 12.5 Å². The van der Waals surface area contributed by atoms with Crippen molar-refractivity contribution in [3.05, 3.63) is 29.8 Å². The topological polar surface area (TPSA) is 44.5 Å². The van der Waals surface area contributed by atoms with Gasteiger partial charge in [0.2, 0.25) is 0 Å². The molecule has 2 rings (SSSR count). The highest BCUT2D eigenvalue weighted by molar-refractivity contribution is 5.30. The van der Waals surface area contributed by atoms with E-state index in [0.717, 1.165) is 24.2 Å². The summed E-state index contributed by atoms with van der Waals surface area (Å²) in [6, 6.07) is 8.04. The molecule has 1 fully saturated rings. The summed E-state index contributed by atoms with van der Waals surface area (Å²) < 4.78 is 11.4. The number of nitrogens with two attached hydrogens (primary N) is 1. The Kier molecular flexibility index (Phi) is 5.06. The fraction of sp³-hybridized carbons (Fsp3) is 0.647. The summed E-state index contributed by atoms with van der Waals surface area (Å²) in [4.78, 5) is 0. The smallest absolute Gasteiger partial charge is 0.119 e. The minimum Gasteiger partial charge on any atom is -0.494 e. The van der Waals surface area contributed by atoms with Gasteiger partial charge in [-0.25, -0.2) is 0 Å². The molecule has 0 radical (unpaired) electrons. The molecule has 0 saturated heterocycles. The molecule has 0 aromatic heterocycles. The van der Waals surface area contributed by atoms with E-state index in [1.54, 1.807) is 7.11 Å². The first kappa shape index (κ1) is 15.3. The second-order valence-electron chi connectivity index (χ2n) is 5.95. The second-order valence-corrected chi connectivity index (χ2v) is 5.95. The minimum atomic E-state index is -0.217. The van der Waals surface area contributed by atoms with Crippen molar-refractivity contribution in [1.29, 1.82) is 0 Å². The highest BCUT2D eigenvalue weighted by Gasteiger charge is 2.41. The van der Waals surface area contributed by atoms with Gasteiger partial charge in [0.15, 0.2) is 0 Å². The fourth-order valence-electron chi connectivity index (χ4n) is 3.38. The Balaban J connectivity index is 2.17. The molecule has 0 bridgehead atoms. The third-order valence-corrected chi connectivity index (χ3v) is 4.51. The summed E-state index contributed by atoms with van der Waals surface area (Å²) in [6.07, 6.45) is 4.56. The van der Waals surface area contributed by atoms with Crippen molar-refractivity contribution < 1.29 is 9.47 Å². The maximum atomic E-state index is 6.54. The highest BCUT2D eigenvalue weighted by Crippen LogP contribution is 2.42. The Morgan fingerprint density at radius 1 is 1.35 bits per heavy atom. The standard InChI is InChI=1S/C17H27NO2/c1-4-20-15-9-7-14(8-10-15)16(18)17(19-3)11-5-6-13(2)12-17/h7-10,13,16H,4-6,11-12,18H2,1-3H3. The highest BCUT2D eigenvalue weighted by atomic mass is 16.5. The third-order valence-electron chi connectivity index (χ3n) is 4.51. The first-order valence-corrected chi connectivity index (χ1v) is 7.65. The van der Waals surface area contributed by atoms with Crippen LogP contribution in [-0.4, -0.2) is 19.3 Å². The molecule has 3 heteroatoms. The van der Waals surface area contributed by atoms with Crippen LogP contribution in [0.25, 0.3) is 0 Å². The lowest BCUT2D eigenvalue weighted by Crippen LogP contribution is -2.46. The number of hydrogen-bond donors (Lipinski definition) is 1. The predicted octanol–water partition coefficient (Wildman–Crippen LogP) is 3.68. The lowest BCUT2D eigenvalue weighted by Gasteiger charge is -2.43. The summed E-state index contributed by atoms with van der Waals surface area (Å²) in [5.74, 6) is 1.57. The first-order valence-electron chi connectivity index (χ1n) is 7.65. The molecule has 1 aromatic carbocycles. The normalized spacial score (nSPS) is 28.1. The van der Waals surface area contributed by atoms with E-state index in [9.17, 15) is 0 Å². The molecule has 0 spiro atoms. The van der Waals surface area contributed by atoms with Gasteiger partial charge in [0.05, 0.1) is 18.2 Å². The molecule has 1 aromatic rings. The van der Waals surface area contributed by atoms with E-state index >= 15 is 0 Å². The Morgan fingerprint density at radius 3 is 2.60 bits per heavy atom. The summed E-state index contributed by atoms with van der Waals surface area (Å²) in [7, 11) is 1.80. The van der Waals surface area contributed by atoms with Crippen LogP contribution < -0.4 is 10.5 Å². The molecule has 3 nitrogen and oxygen atoms in total. The Labute approximate surface area is 122 Å². The van der Waals surface area contributed by atoms with Gasteiger partial charge in [-0.3, -0.25) is 0 Å². The SMILES string of the molecule is CCOc1ccc(C(N)C2(OC)CCCC(C)C2)cc1. The van der Waals surface area contributed by atoms with E-state index in [4.69, 9.17) is 15.2 Å². The molecule has 2 N–H and O–H groups in total. The quantitative estimate of drug-likeness (QED) is 0.893. The number of ether oxygens (including phenoxy) is 2. The predicted molar refractivity (Wildman–Crippen MR) is 81.9 cm³/mol. The Morgan fingerprint density at radius 2 is 2.05 bits per heavy atom. The van der Waals surface area contributed by atoms with Crippen LogP contribution >= 0.6 is 0 Å². The lowest BCUT2D eigenvalue weighted by atomic mass is 9.73. The molecule has 1 aliphatic carbocycles. The van der Waals surface area contributed by atoms with Crippen LogP contribution in [0.1, 0.15) is 51.1 Å². The molecule has 1 saturated carbocycles. The molecular formula is C17H27NO2. The van der Waals surface area contributed by atoms with Gasteiger partial charge in [-0.2, -0.15) is 0 Å². The van der Waals surface area contributed by atoms with Crippen LogP contribution in [0.3, 0.4) is 0 Å². The summed E-state index contributed by atoms with van der Waals surface area (Å²) in [5, 5.41) is 0. The first-order chi connectivity index (χ1) is 9.61. The van der Waals surface area contributed by atoms with Gasteiger partial charge >= 0.3 is 0 Å². The number of benzene rings is 1. The maximum Gasteiger partial charge on any atom is 0.119 e. The summed E-state index contributed by atoms with van der Waals surface area (Å²) in [6.45, 7) is 4.96. The van der Waals surface area contributed by atoms with Crippen molar-refractivity contribution in [1.82, 2.24) is 0 Å². The zero-order chi connectivity index (χ0) is 14.6. The number of rotatable bonds is 5. The van der Waals surface area contributed by atoms with Crippen LogP contribution in [0.4, 0.5) is 0 Å². The average molecular weight is 277 g/mol. The monoisotopic (exact) mass is 277 g/mol. The number of methoxy groups -OCH3 is 1. The molecule has 0 aliphatic heterocycles. The number of hydrogen-bond acceptors (Lipinski definition) is 3. The van der Waals surface area contributed by atoms with Crippen LogP contribution in [0.2, 0.25) is 0 Å². The average Bonchev–Trinajstić information content (AvgIpc) is 2.47. The molecule has 20 heavy (non-hydrogen) atoms. The molecule has 3 atom stereocenters. The molecule has 1 aliphatic rings. The zero-order valence-electron chi connectivity index (χ0n) is 12.9. The van der Waals surface area contributed by atoms with E-state index in [-0.39, 0.29) is 11.6 Å².